The number of nitrogens with zero attached hydrogens (tertiary/aromatic N) is 3. The van der Waals surface area contributed by atoms with Crippen LogP contribution in [0, 0.1) is 0 Å². The SMILES string of the molecule is COc1ccc(-c2cc(C(=O)OCc3nnc(-c4ccccc4)o3)c3ccccc3n2)cc1. The zero-order chi connectivity index (χ0) is 22.6. The average Bonchev–Trinajstić information content (AvgIpc) is 3.36. The fraction of sp³-hybridized carbons (Fsp3) is 0.0769. The van der Waals surface area contributed by atoms with Crippen LogP contribution in [0.2, 0.25) is 0 Å². The van der Waals surface area contributed by atoms with E-state index < -0.39 is 5.97 Å². The van der Waals surface area contributed by atoms with E-state index in [1.807, 2.05) is 78.9 Å². The standard InChI is InChI=1S/C26H19N3O4/c1-31-19-13-11-17(12-14-19)23-15-21(20-9-5-6-10-22(20)27-23)26(30)32-16-24-28-29-25(33-24)18-7-3-2-4-8-18/h2-15H,16H2,1H3. The Morgan fingerprint density at radius 2 is 1.64 bits per heavy atom. The van der Waals surface area contributed by atoms with Crippen molar-refractivity contribution in [2.24, 2.45) is 0 Å². The van der Waals surface area contributed by atoms with E-state index >= 15 is 0 Å². The summed E-state index contributed by atoms with van der Waals surface area (Å²) in [5.74, 6) is 0.838. The van der Waals surface area contributed by atoms with Gasteiger partial charge >= 0.3 is 5.97 Å². The Labute approximate surface area is 189 Å². The van der Waals surface area contributed by atoms with Gasteiger partial charge in [0.2, 0.25) is 5.89 Å². The van der Waals surface area contributed by atoms with Gasteiger partial charge in [0.1, 0.15) is 5.75 Å². The first-order chi connectivity index (χ1) is 16.2. The lowest BCUT2D eigenvalue weighted by Crippen LogP contribution is -2.07. The molecule has 7 heteroatoms. The molecule has 7 nitrogen and oxygen atoms in total. The number of esters is 1. The van der Waals surface area contributed by atoms with Crippen LogP contribution in [0.3, 0.4) is 0 Å². The molecular weight excluding hydrogens is 418 g/mol. The third-order valence-corrected chi connectivity index (χ3v) is 5.14. The van der Waals surface area contributed by atoms with Crippen molar-refractivity contribution in [3.05, 3.63) is 96.4 Å². The maximum absolute atomic E-state index is 13.0. The van der Waals surface area contributed by atoms with Crippen molar-refractivity contribution in [1.82, 2.24) is 15.2 Å². The van der Waals surface area contributed by atoms with Crippen LogP contribution in [0.1, 0.15) is 16.2 Å². The minimum absolute atomic E-state index is 0.132. The van der Waals surface area contributed by atoms with E-state index in [1.54, 1.807) is 13.2 Å². The topological polar surface area (TPSA) is 87.3 Å². The number of pyridine rings is 1. The molecule has 0 spiro atoms. The lowest BCUT2D eigenvalue weighted by atomic mass is 10.0. The highest BCUT2D eigenvalue weighted by Gasteiger charge is 2.17. The molecule has 5 rings (SSSR count). The molecule has 0 saturated heterocycles. The number of fused-ring (bicyclic) bond motifs is 1. The highest BCUT2D eigenvalue weighted by molar-refractivity contribution is 6.04. The Bertz CT molecular complexity index is 1410. The summed E-state index contributed by atoms with van der Waals surface area (Å²) in [7, 11) is 1.61. The van der Waals surface area contributed by atoms with E-state index in [4.69, 9.17) is 18.9 Å². The number of carbonyl (C=O) groups is 1. The minimum Gasteiger partial charge on any atom is -0.497 e. The van der Waals surface area contributed by atoms with Crippen LogP contribution in [0.15, 0.2) is 89.3 Å². The summed E-state index contributed by atoms with van der Waals surface area (Å²) in [6.07, 6.45) is 0. The van der Waals surface area contributed by atoms with Gasteiger partial charge in [-0.3, -0.25) is 0 Å². The number of rotatable bonds is 6. The first kappa shape index (κ1) is 20.4. The van der Waals surface area contributed by atoms with Gasteiger partial charge in [0.05, 0.1) is 23.9 Å². The van der Waals surface area contributed by atoms with Gasteiger partial charge in [-0.1, -0.05) is 36.4 Å². The molecule has 2 aromatic heterocycles. The zero-order valence-electron chi connectivity index (χ0n) is 17.8. The molecule has 0 atom stereocenters. The Morgan fingerprint density at radius 1 is 0.879 bits per heavy atom. The lowest BCUT2D eigenvalue weighted by Gasteiger charge is -2.10. The van der Waals surface area contributed by atoms with E-state index in [1.165, 1.54) is 0 Å². The fourth-order valence-electron chi connectivity index (χ4n) is 3.47. The summed E-state index contributed by atoms with van der Waals surface area (Å²) in [6, 6.07) is 26.1. The van der Waals surface area contributed by atoms with Crippen LogP contribution in [-0.2, 0) is 11.3 Å². The molecule has 2 heterocycles. The van der Waals surface area contributed by atoms with E-state index in [0.29, 0.717) is 28.1 Å². The quantitative estimate of drug-likeness (QED) is 0.332. The Balaban J connectivity index is 1.41. The van der Waals surface area contributed by atoms with Crippen LogP contribution >= 0.6 is 0 Å². The van der Waals surface area contributed by atoms with Crippen molar-refractivity contribution < 1.29 is 18.7 Å². The maximum Gasteiger partial charge on any atom is 0.339 e. The monoisotopic (exact) mass is 437 g/mol. The van der Waals surface area contributed by atoms with Gasteiger partial charge < -0.3 is 13.9 Å². The Morgan fingerprint density at radius 3 is 2.42 bits per heavy atom. The number of para-hydroxylation sites is 1. The van der Waals surface area contributed by atoms with Gasteiger partial charge in [0.25, 0.3) is 5.89 Å². The zero-order valence-corrected chi connectivity index (χ0v) is 17.8. The molecule has 33 heavy (non-hydrogen) atoms. The first-order valence-corrected chi connectivity index (χ1v) is 10.3. The van der Waals surface area contributed by atoms with E-state index in [0.717, 1.165) is 16.9 Å². The van der Waals surface area contributed by atoms with E-state index in [9.17, 15) is 4.79 Å². The second-order valence-corrected chi connectivity index (χ2v) is 7.24. The lowest BCUT2D eigenvalue weighted by molar-refractivity contribution is 0.0441. The summed E-state index contributed by atoms with van der Waals surface area (Å²) in [5, 5.41) is 8.71. The highest BCUT2D eigenvalue weighted by atomic mass is 16.5. The van der Waals surface area contributed by atoms with Crippen LogP contribution in [0.25, 0.3) is 33.6 Å². The molecule has 5 aromatic rings. The van der Waals surface area contributed by atoms with Gasteiger partial charge in [-0.25, -0.2) is 9.78 Å². The molecule has 0 unspecified atom stereocenters. The van der Waals surface area contributed by atoms with Crippen LogP contribution in [-0.4, -0.2) is 28.3 Å². The number of carbonyl (C=O) groups excluding carboxylic acids is 1. The second kappa shape index (κ2) is 8.92. The van der Waals surface area contributed by atoms with Crippen molar-refractivity contribution in [2.75, 3.05) is 7.11 Å². The number of hydrogen-bond acceptors (Lipinski definition) is 7. The molecule has 162 valence electrons. The summed E-state index contributed by atoms with van der Waals surface area (Å²) in [5.41, 5.74) is 3.43. The minimum atomic E-state index is -0.497. The highest BCUT2D eigenvalue weighted by Crippen LogP contribution is 2.27. The molecule has 0 fully saturated rings. The summed E-state index contributed by atoms with van der Waals surface area (Å²) in [6.45, 7) is -0.132. The molecule has 0 aliphatic heterocycles. The van der Waals surface area contributed by atoms with Crippen molar-refractivity contribution in [3.63, 3.8) is 0 Å². The summed E-state index contributed by atoms with van der Waals surface area (Å²) < 4.78 is 16.4. The van der Waals surface area contributed by atoms with E-state index in [-0.39, 0.29) is 12.5 Å². The van der Waals surface area contributed by atoms with Gasteiger partial charge in [0, 0.05) is 16.5 Å². The molecule has 0 N–H and O–H groups in total. The molecule has 0 amide bonds. The van der Waals surface area contributed by atoms with Crippen molar-refractivity contribution in [1.29, 1.82) is 0 Å². The first-order valence-electron chi connectivity index (χ1n) is 10.3. The number of benzene rings is 3. The predicted molar refractivity (Wildman–Crippen MR) is 123 cm³/mol. The third kappa shape index (κ3) is 4.29. The van der Waals surface area contributed by atoms with Crippen LogP contribution < -0.4 is 4.74 Å². The maximum atomic E-state index is 13.0. The van der Waals surface area contributed by atoms with Crippen molar-refractivity contribution in [3.8, 4) is 28.5 Å². The number of hydrogen-bond donors (Lipinski definition) is 0. The van der Waals surface area contributed by atoms with Gasteiger partial charge in [-0.05, 0) is 48.5 Å². The number of methoxy groups -OCH3 is 1. The molecule has 0 radical (unpaired) electrons. The summed E-state index contributed by atoms with van der Waals surface area (Å²) in [4.78, 5) is 17.7. The molecule has 0 aliphatic rings. The molecule has 3 aromatic carbocycles. The van der Waals surface area contributed by atoms with Crippen LogP contribution in [0.5, 0.6) is 5.75 Å². The molecule has 0 aliphatic carbocycles. The van der Waals surface area contributed by atoms with Gasteiger partial charge in [0.15, 0.2) is 6.61 Å². The van der Waals surface area contributed by atoms with Crippen molar-refractivity contribution in [2.45, 2.75) is 6.61 Å². The Hall–Kier alpha value is -4.52. The number of aromatic nitrogens is 3. The van der Waals surface area contributed by atoms with Gasteiger partial charge in [-0.15, -0.1) is 10.2 Å². The normalized spacial score (nSPS) is 10.8. The molecule has 0 saturated carbocycles. The Kier molecular flexibility index (Phi) is 5.51. The predicted octanol–water partition coefficient (Wildman–Crippen LogP) is 5.32. The number of ether oxygens (including phenoxy) is 2. The summed E-state index contributed by atoms with van der Waals surface area (Å²) >= 11 is 0. The second-order valence-electron chi connectivity index (χ2n) is 7.24. The van der Waals surface area contributed by atoms with Crippen LogP contribution in [0.4, 0.5) is 0 Å². The molecular formula is C26H19N3O4. The van der Waals surface area contributed by atoms with Gasteiger partial charge in [-0.2, -0.15) is 0 Å². The van der Waals surface area contributed by atoms with E-state index in [2.05, 4.69) is 10.2 Å². The average molecular weight is 437 g/mol. The smallest absolute Gasteiger partial charge is 0.339 e. The fourth-order valence-corrected chi connectivity index (χ4v) is 3.47. The third-order valence-electron chi connectivity index (χ3n) is 5.14. The van der Waals surface area contributed by atoms with Crippen molar-refractivity contribution >= 4 is 16.9 Å². The largest absolute Gasteiger partial charge is 0.497 e. The molecule has 0 bridgehead atoms.